The summed E-state index contributed by atoms with van der Waals surface area (Å²) < 4.78 is 44.3. The van der Waals surface area contributed by atoms with Crippen molar-refractivity contribution in [2.75, 3.05) is 7.11 Å². The van der Waals surface area contributed by atoms with Gasteiger partial charge in [-0.3, -0.25) is 0 Å². The van der Waals surface area contributed by atoms with Gasteiger partial charge in [-0.2, -0.15) is 17.2 Å². The molecule has 1 aromatic heterocycles. The fourth-order valence-corrected chi connectivity index (χ4v) is 4.47. The molecule has 0 aliphatic rings. The van der Waals surface area contributed by atoms with Gasteiger partial charge in [0, 0.05) is 5.39 Å². The van der Waals surface area contributed by atoms with E-state index in [4.69, 9.17) is 8.92 Å². The summed E-state index contributed by atoms with van der Waals surface area (Å²) in [5, 5.41) is 1.21. The Labute approximate surface area is 158 Å². The summed E-state index contributed by atoms with van der Waals surface area (Å²) in [6, 6.07) is 14.8. The maximum absolute atomic E-state index is 13.0. The number of nitrogens with zero attached hydrogens (tertiary/aromatic N) is 2. The molecule has 9 heteroatoms. The van der Waals surface area contributed by atoms with Crippen LogP contribution in [0.25, 0.3) is 21.8 Å². The number of hydrogen-bond donors (Lipinski definition) is 0. The van der Waals surface area contributed by atoms with Gasteiger partial charge in [0.25, 0.3) is 0 Å². The van der Waals surface area contributed by atoms with Crippen molar-refractivity contribution in [3.05, 3.63) is 60.2 Å². The van der Waals surface area contributed by atoms with Gasteiger partial charge in [-0.25, -0.2) is 4.79 Å². The Bertz CT molecular complexity index is 1280. The van der Waals surface area contributed by atoms with Gasteiger partial charge < -0.3 is 8.92 Å². The van der Waals surface area contributed by atoms with E-state index >= 15 is 0 Å². The molecule has 0 spiro atoms. The molecule has 7 nitrogen and oxygen atoms in total. The summed E-state index contributed by atoms with van der Waals surface area (Å²) in [7, 11) is -3.05. The molecule has 0 unspecified atom stereocenters. The lowest BCUT2D eigenvalue weighted by Crippen LogP contribution is -2.14. The van der Waals surface area contributed by atoms with E-state index in [-0.39, 0.29) is 21.7 Å². The molecular formula is C18H12N2O5S2. The normalized spacial score (nSPS) is 11.6. The maximum Gasteiger partial charge on any atom is 0.341 e. The third-order valence-corrected chi connectivity index (χ3v) is 5.79. The van der Waals surface area contributed by atoms with Gasteiger partial charge in [0.15, 0.2) is 5.75 Å². The van der Waals surface area contributed by atoms with Gasteiger partial charge in [0.05, 0.1) is 18.8 Å². The van der Waals surface area contributed by atoms with Crippen molar-refractivity contribution in [3.8, 4) is 5.75 Å². The summed E-state index contributed by atoms with van der Waals surface area (Å²) in [5.74, 6) is -0.778. The van der Waals surface area contributed by atoms with Crippen molar-refractivity contribution in [2.24, 2.45) is 0 Å². The van der Waals surface area contributed by atoms with E-state index < -0.39 is 16.1 Å². The van der Waals surface area contributed by atoms with Gasteiger partial charge in [0.1, 0.15) is 21.5 Å². The highest BCUT2D eigenvalue weighted by atomic mass is 32.2. The molecule has 0 bridgehead atoms. The fraction of sp³-hybridized carbons (Fsp3) is 0.0556. The van der Waals surface area contributed by atoms with Crippen LogP contribution in [0.4, 0.5) is 0 Å². The molecule has 0 aliphatic heterocycles. The summed E-state index contributed by atoms with van der Waals surface area (Å²) in [6.45, 7) is 0. The highest BCUT2D eigenvalue weighted by Gasteiger charge is 2.26. The number of methoxy groups -OCH3 is 1. The highest BCUT2D eigenvalue weighted by Crippen LogP contribution is 2.34. The molecule has 0 atom stereocenters. The van der Waals surface area contributed by atoms with Crippen LogP contribution in [0.5, 0.6) is 5.75 Å². The first-order chi connectivity index (χ1) is 13.0. The fourth-order valence-electron chi connectivity index (χ4n) is 2.74. The van der Waals surface area contributed by atoms with E-state index in [9.17, 15) is 13.2 Å². The number of fused-ring (bicyclic) bond motifs is 2. The molecule has 3 aromatic carbocycles. The minimum Gasteiger partial charge on any atom is -0.465 e. The highest BCUT2D eigenvalue weighted by molar-refractivity contribution is 7.87. The predicted octanol–water partition coefficient (Wildman–Crippen LogP) is 3.40. The Balaban J connectivity index is 1.92. The summed E-state index contributed by atoms with van der Waals surface area (Å²) in [4.78, 5) is 12.0. The van der Waals surface area contributed by atoms with Crippen LogP contribution in [0.15, 0.2) is 59.5 Å². The van der Waals surface area contributed by atoms with E-state index in [2.05, 4.69) is 8.75 Å². The van der Waals surface area contributed by atoms with Crippen LogP contribution in [0, 0.1) is 0 Å². The van der Waals surface area contributed by atoms with E-state index in [1.807, 2.05) is 0 Å². The molecule has 0 amide bonds. The Morgan fingerprint density at radius 3 is 2.63 bits per heavy atom. The minimum atomic E-state index is -4.27. The SMILES string of the molecule is COC(=O)c1ccc2ccccc2c1OS(=O)(=O)c1cccc2nsnc12. The molecule has 0 saturated carbocycles. The molecule has 136 valence electrons. The van der Waals surface area contributed by atoms with Crippen LogP contribution < -0.4 is 4.18 Å². The van der Waals surface area contributed by atoms with Crippen LogP contribution in [-0.4, -0.2) is 30.2 Å². The predicted molar refractivity (Wildman–Crippen MR) is 101 cm³/mol. The molecule has 0 radical (unpaired) electrons. The van der Waals surface area contributed by atoms with Crippen LogP contribution in [0.3, 0.4) is 0 Å². The molecular weight excluding hydrogens is 388 g/mol. The zero-order valence-corrected chi connectivity index (χ0v) is 15.6. The maximum atomic E-state index is 13.0. The lowest BCUT2D eigenvalue weighted by molar-refractivity contribution is 0.0599. The Hall–Kier alpha value is -3.04. The number of carbonyl (C=O) groups is 1. The van der Waals surface area contributed by atoms with Crippen molar-refractivity contribution in [2.45, 2.75) is 4.90 Å². The molecule has 1 heterocycles. The Kier molecular flexibility index (Phi) is 4.25. The number of carbonyl (C=O) groups excluding carboxylic acids is 1. The van der Waals surface area contributed by atoms with Gasteiger partial charge in [0.2, 0.25) is 0 Å². The van der Waals surface area contributed by atoms with Crippen molar-refractivity contribution < 1.29 is 22.1 Å². The smallest absolute Gasteiger partial charge is 0.341 e. The first-order valence-corrected chi connectivity index (χ1v) is 9.91. The van der Waals surface area contributed by atoms with Crippen molar-refractivity contribution >= 4 is 49.6 Å². The van der Waals surface area contributed by atoms with Crippen molar-refractivity contribution in [3.63, 3.8) is 0 Å². The lowest BCUT2D eigenvalue weighted by atomic mass is 10.1. The Morgan fingerprint density at radius 2 is 1.81 bits per heavy atom. The molecule has 0 saturated heterocycles. The van der Waals surface area contributed by atoms with E-state index in [1.54, 1.807) is 42.5 Å². The van der Waals surface area contributed by atoms with Crippen LogP contribution in [0.2, 0.25) is 0 Å². The molecule has 27 heavy (non-hydrogen) atoms. The monoisotopic (exact) mass is 400 g/mol. The zero-order chi connectivity index (χ0) is 19.0. The number of aromatic nitrogens is 2. The van der Waals surface area contributed by atoms with Crippen molar-refractivity contribution in [1.82, 2.24) is 8.75 Å². The number of ether oxygens (including phenoxy) is 1. The topological polar surface area (TPSA) is 95.5 Å². The molecule has 4 aromatic rings. The largest absolute Gasteiger partial charge is 0.465 e. The van der Waals surface area contributed by atoms with Gasteiger partial charge in [-0.15, -0.1) is 0 Å². The van der Waals surface area contributed by atoms with Gasteiger partial charge >= 0.3 is 16.1 Å². The number of rotatable bonds is 4. The number of benzene rings is 3. The van der Waals surface area contributed by atoms with Crippen LogP contribution in [-0.2, 0) is 14.9 Å². The third-order valence-electron chi connectivity index (χ3n) is 4.00. The molecule has 0 fully saturated rings. The second-order valence-corrected chi connectivity index (χ2v) is 7.62. The van der Waals surface area contributed by atoms with Crippen LogP contribution >= 0.6 is 11.7 Å². The molecule has 0 aliphatic carbocycles. The third kappa shape index (κ3) is 3.00. The average molecular weight is 400 g/mol. The van der Waals surface area contributed by atoms with Crippen molar-refractivity contribution in [1.29, 1.82) is 0 Å². The number of hydrogen-bond acceptors (Lipinski definition) is 8. The van der Waals surface area contributed by atoms with Gasteiger partial charge in [-0.05, 0) is 23.6 Å². The summed E-state index contributed by atoms with van der Waals surface area (Å²) >= 11 is 0.910. The standard InChI is InChI=1S/C18H12N2O5S2/c1-24-18(21)13-10-9-11-5-2-3-6-12(11)17(13)25-27(22,23)15-8-4-7-14-16(15)20-26-19-14/h2-10H,1H3. The molecule has 4 rings (SSSR count). The quantitative estimate of drug-likeness (QED) is 0.383. The first kappa shape index (κ1) is 17.4. The molecule has 0 N–H and O–H groups in total. The zero-order valence-electron chi connectivity index (χ0n) is 13.9. The minimum absolute atomic E-state index is 0.0170. The summed E-state index contributed by atoms with van der Waals surface area (Å²) in [6.07, 6.45) is 0. The van der Waals surface area contributed by atoms with Crippen LogP contribution in [0.1, 0.15) is 10.4 Å². The van der Waals surface area contributed by atoms with E-state index in [0.717, 1.165) is 17.1 Å². The second-order valence-electron chi connectivity index (χ2n) is 5.58. The Morgan fingerprint density at radius 1 is 1.00 bits per heavy atom. The van der Waals surface area contributed by atoms with E-state index in [0.29, 0.717) is 10.9 Å². The first-order valence-electron chi connectivity index (χ1n) is 7.77. The second kappa shape index (κ2) is 6.60. The number of esters is 1. The van der Waals surface area contributed by atoms with Gasteiger partial charge in [-0.1, -0.05) is 36.4 Å². The summed E-state index contributed by atoms with van der Waals surface area (Å²) in [5.41, 5.74) is 0.696. The lowest BCUT2D eigenvalue weighted by Gasteiger charge is -2.13. The van der Waals surface area contributed by atoms with E-state index in [1.165, 1.54) is 19.2 Å². The average Bonchev–Trinajstić information content (AvgIpc) is 3.16.